The van der Waals surface area contributed by atoms with Crippen molar-refractivity contribution in [3.8, 4) is 0 Å². The fourth-order valence-electron chi connectivity index (χ4n) is 4.19. The Morgan fingerprint density at radius 2 is 1.77 bits per heavy atom. The number of pyridine rings is 1. The topological polar surface area (TPSA) is 97.7 Å². The first-order valence-corrected chi connectivity index (χ1v) is 11.6. The number of aryl methyl sites for hydroxylation is 1. The summed E-state index contributed by atoms with van der Waals surface area (Å²) in [5.74, 6) is -2.18. The summed E-state index contributed by atoms with van der Waals surface area (Å²) in [4.78, 5) is 39.2. The highest BCUT2D eigenvalue weighted by atomic mass is 32.1. The van der Waals surface area contributed by atoms with Gasteiger partial charge in [-0.2, -0.15) is 0 Å². The number of aromatic nitrogens is 1. The van der Waals surface area contributed by atoms with Gasteiger partial charge in [-0.05, 0) is 62.5 Å². The lowest BCUT2D eigenvalue weighted by molar-refractivity contribution is -0.255. The molecule has 0 aliphatic carbocycles. The minimum Gasteiger partial charge on any atom is -0.545 e. The number of halogens is 1. The third-order valence-electron chi connectivity index (χ3n) is 6.16. The molecule has 1 N–H and O–H groups in total. The molecule has 0 bridgehead atoms. The first kappa shape index (κ1) is 24.3. The molecule has 0 unspecified atom stereocenters. The molecule has 1 aliphatic heterocycles. The number of carbonyl (C=O) groups is 2. The summed E-state index contributed by atoms with van der Waals surface area (Å²) in [6.07, 6.45) is 1.24. The standard InChI is InChI=1S/C25H25FN4O4S/c1-3-28-14-19(24(33)34)23(32)18-12-20(26)22(13-21(18)28)29-8-10-30(11-9-29)25(35)27-17-6-4-16(5-7-17)15(2)31/h4-7,12-14H,3,8-11H2,1-2H3,(H,27,35)(H,33,34)/p-1. The Hall–Kier alpha value is -3.79. The van der Waals surface area contributed by atoms with E-state index in [9.17, 15) is 19.5 Å². The molecule has 0 atom stereocenters. The van der Waals surface area contributed by atoms with Crippen molar-refractivity contribution in [3.05, 3.63) is 69.8 Å². The molecule has 2 heterocycles. The van der Waals surface area contributed by atoms with Gasteiger partial charge < -0.3 is 29.6 Å². The minimum atomic E-state index is -1.58. The highest BCUT2D eigenvalue weighted by Crippen LogP contribution is 2.26. The lowest BCUT2D eigenvalue weighted by Gasteiger charge is -2.37. The number of nitrogens with zero attached hydrogens (tertiary/aromatic N) is 3. The van der Waals surface area contributed by atoms with Crippen LogP contribution in [-0.4, -0.2) is 52.5 Å². The first-order valence-electron chi connectivity index (χ1n) is 11.2. The Kier molecular flexibility index (Phi) is 6.83. The van der Waals surface area contributed by atoms with Crippen LogP contribution in [0.25, 0.3) is 10.9 Å². The van der Waals surface area contributed by atoms with Crippen LogP contribution in [0.1, 0.15) is 34.6 Å². The van der Waals surface area contributed by atoms with E-state index < -0.39 is 22.8 Å². The molecule has 1 aliphatic rings. The number of aromatic carboxylic acids is 1. The Balaban J connectivity index is 1.50. The van der Waals surface area contributed by atoms with Crippen LogP contribution in [0.4, 0.5) is 15.8 Å². The van der Waals surface area contributed by atoms with E-state index in [0.717, 1.165) is 11.8 Å². The normalized spacial score (nSPS) is 13.7. The van der Waals surface area contributed by atoms with E-state index in [-0.39, 0.29) is 11.2 Å². The molecule has 182 valence electrons. The molecule has 3 aromatic rings. The van der Waals surface area contributed by atoms with Gasteiger partial charge in [0, 0.05) is 55.6 Å². The van der Waals surface area contributed by atoms with Gasteiger partial charge in [0.25, 0.3) is 0 Å². The summed E-state index contributed by atoms with van der Waals surface area (Å²) in [5.41, 5.74) is 0.962. The first-order chi connectivity index (χ1) is 16.7. The van der Waals surface area contributed by atoms with Crippen molar-refractivity contribution in [1.82, 2.24) is 9.47 Å². The number of carbonyl (C=O) groups excluding carboxylic acids is 2. The second-order valence-electron chi connectivity index (χ2n) is 8.30. The number of Topliss-reactive ketones (excluding diaryl/α,β-unsaturated/α-hetero) is 1. The molecule has 8 nitrogen and oxygen atoms in total. The zero-order valence-corrected chi connectivity index (χ0v) is 20.2. The van der Waals surface area contributed by atoms with Crippen molar-refractivity contribution in [3.63, 3.8) is 0 Å². The van der Waals surface area contributed by atoms with Gasteiger partial charge in [-0.3, -0.25) is 9.59 Å². The Labute approximate surface area is 206 Å². The number of carboxylic acid groups (broad SMARTS) is 1. The Morgan fingerprint density at radius 3 is 2.34 bits per heavy atom. The number of hydrogen-bond acceptors (Lipinski definition) is 6. The lowest BCUT2D eigenvalue weighted by atomic mass is 10.1. The second kappa shape index (κ2) is 9.83. The van der Waals surface area contributed by atoms with Crippen molar-refractivity contribution in [1.29, 1.82) is 0 Å². The van der Waals surface area contributed by atoms with Crippen LogP contribution >= 0.6 is 12.2 Å². The van der Waals surface area contributed by atoms with Crippen LogP contribution in [-0.2, 0) is 6.54 Å². The maximum Gasteiger partial charge on any atom is 0.198 e. The molecule has 2 aromatic carbocycles. The maximum atomic E-state index is 15.1. The fraction of sp³-hybridized carbons (Fsp3) is 0.280. The van der Waals surface area contributed by atoms with Gasteiger partial charge in [-0.1, -0.05) is 0 Å². The number of thiocarbonyl (C=S) groups is 1. The Morgan fingerprint density at radius 1 is 1.11 bits per heavy atom. The highest BCUT2D eigenvalue weighted by Gasteiger charge is 2.23. The van der Waals surface area contributed by atoms with E-state index >= 15 is 4.39 Å². The molecule has 0 radical (unpaired) electrons. The van der Waals surface area contributed by atoms with Gasteiger partial charge >= 0.3 is 0 Å². The second-order valence-corrected chi connectivity index (χ2v) is 8.69. The molecular weight excluding hydrogens is 471 g/mol. The molecule has 4 rings (SSSR count). The Bertz CT molecular complexity index is 1380. The van der Waals surface area contributed by atoms with E-state index in [1.165, 1.54) is 13.1 Å². The van der Waals surface area contributed by atoms with Crippen molar-refractivity contribution in [2.45, 2.75) is 20.4 Å². The molecule has 1 fully saturated rings. The zero-order chi connectivity index (χ0) is 25.3. The number of piperazine rings is 1. The molecule has 0 spiro atoms. The number of rotatable bonds is 5. The summed E-state index contributed by atoms with van der Waals surface area (Å²) in [6, 6.07) is 9.76. The van der Waals surface area contributed by atoms with Gasteiger partial charge in [-0.25, -0.2) is 4.39 Å². The van der Waals surface area contributed by atoms with Gasteiger partial charge in [0.1, 0.15) is 5.82 Å². The van der Waals surface area contributed by atoms with Crippen molar-refractivity contribution >= 4 is 51.4 Å². The summed E-state index contributed by atoms with van der Waals surface area (Å²) < 4.78 is 16.7. The highest BCUT2D eigenvalue weighted by molar-refractivity contribution is 7.80. The van der Waals surface area contributed by atoms with E-state index in [0.29, 0.717) is 54.6 Å². The summed E-state index contributed by atoms with van der Waals surface area (Å²) >= 11 is 5.53. The van der Waals surface area contributed by atoms with Crippen LogP contribution < -0.4 is 20.8 Å². The van der Waals surface area contributed by atoms with Crippen LogP contribution in [0.2, 0.25) is 0 Å². The predicted octanol–water partition coefficient (Wildman–Crippen LogP) is 2.25. The van der Waals surface area contributed by atoms with E-state index in [2.05, 4.69) is 5.32 Å². The predicted molar refractivity (Wildman–Crippen MR) is 135 cm³/mol. The molecule has 1 saturated heterocycles. The summed E-state index contributed by atoms with van der Waals surface area (Å²) in [6.45, 7) is 5.84. The minimum absolute atomic E-state index is 0.00793. The summed E-state index contributed by atoms with van der Waals surface area (Å²) in [7, 11) is 0. The average Bonchev–Trinajstić information content (AvgIpc) is 2.84. The average molecular weight is 496 g/mol. The van der Waals surface area contributed by atoms with Crippen LogP contribution in [0.15, 0.2) is 47.4 Å². The van der Waals surface area contributed by atoms with Gasteiger partial charge in [0.15, 0.2) is 16.3 Å². The number of hydrogen-bond donors (Lipinski definition) is 1. The molecule has 1 aromatic heterocycles. The van der Waals surface area contributed by atoms with E-state index in [1.54, 1.807) is 34.9 Å². The lowest BCUT2D eigenvalue weighted by Crippen LogP contribution is -2.50. The number of benzene rings is 2. The molecule has 0 saturated carbocycles. The molecule has 10 heteroatoms. The molecule has 0 amide bonds. The number of anilines is 2. The third kappa shape index (κ3) is 4.88. The van der Waals surface area contributed by atoms with Crippen LogP contribution in [0.3, 0.4) is 0 Å². The van der Waals surface area contributed by atoms with E-state index in [1.807, 2.05) is 16.7 Å². The molecule has 35 heavy (non-hydrogen) atoms. The smallest absolute Gasteiger partial charge is 0.198 e. The molecular formula is C25H24FN4O4S-. The number of fused-ring (bicyclic) bond motifs is 1. The van der Waals surface area contributed by atoms with Crippen molar-refractivity contribution < 1.29 is 19.1 Å². The largest absolute Gasteiger partial charge is 0.545 e. The zero-order valence-electron chi connectivity index (χ0n) is 19.3. The van der Waals surface area contributed by atoms with Crippen LogP contribution in [0, 0.1) is 5.82 Å². The van der Waals surface area contributed by atoms with Crippen molar-refractivity contribution in [2.75, 3.05) is 36.4 Å². The van der Waals surface area contributed by atoms with Gasteiger partial charge in [0.05, 0.1) is 22.7 Å². The monoisotopic (exact) mass is 495 g/mol. The maximum absolute atomic E-state index is 15.1. The number of nitrogens with one attached hydrogen (secondary N) is 1. The number of carboxylic acids is 1. The third-order valence-corrected chi connectivity index (χ3v) is 6.52. The number of ketones is 1. The van der Waals surface area contributed by atoms with Gasteiger partial charge in [0.2, 0.25) is 0 Å². The SMILES string of the molecule is CCn1cc(C(=O)[O-])c(=O)c2cc(F)c(N3CCN(C(=S)Nc4ccc(C(C)=O)cc4)CC3)cc21. The fourth-order valence-corrected chi connectivity index (χ4v) is 4.49. The quantitative estimate of drug-likeness (QED) is 0.425. The van der Waals surface area contributed by atoms with Gasteiger partial charge in [-0.15, -0.1) is 0 Å². The van der Waals surface area contributed by atoms with Crippen molar-refractivity contribution in [2.24, 2.45) is 0 Å². The summed E-state index contributed by atoms with van der Waals surface area (Å²) in [5, 5.41) is 15.0. The van der Waals surface area contributed by atoms with Crippen LogP contribution in [0.5, 0.6) is 0 Å². The van der Waals surface area contributed by atoms with E-state index in [4.69, 9.17) is 12.2 Å².